The lowest BCUT2D eigenvalue weighted by Gasteiger charge is -2.15. The number of benzene rings is 1. The minimum atomic E-state index is -0.427. The van der Waals surface area contributed by atoms with Gasteiger partial charge >= 0.3 is 0 Å². The molecule has 0 aliphatic rings. The smallest absolute Gasteiger partial charge is 0.242 e. The van der Waals surface area contributed by atoms with Gasteiger partial charge in [-0.1, -0.05) is 0 Å². The fourth-order valence-electron chi connectivity index (χ4n) is 1.39. The molecule has 5 heteroatoms. The summed E-state index contributed by atoms with van der Waals surface area (Å²) < 4.78 is 18.0. The average molecular weight is 240 g/mol. The molecular formula is C12H17FN2O2. The summed E-state index contributed by atoms with van der Waals surface area (Å²) in [5.41, 5.74) is 0.641. The number of carbonyl (C=O) groups excluding carboxylic acids is 1. The van der Waals surface area contributed by atoms with Gasteiger partial charge in [-0.2, -0.15) is 0 Å². The maximum atomic E-state index is 13.2. The molecule has 4 nitrogen and oxygen atoms in total. The lowest BCUT2D eigenvalue weighted by atomic mass is 10.2. The molecule has 0 saturated carbocycles. The first-order chi connectivity index (χ1) is 8.08. The van der Waals surface area contributed by atoms with Crippen molar-refractivity contribution in [1.29, 1.82) is 0 Å². The second kappa shape index (κ2) is 6.08. The highest BCUT2D eigenvalue weighted by molar-refractivity contribution is 5.84. The summed E-state index contributed by atoms with van der Waals surface area (Å²) in [7, 11) is 1.40. The molecule has 1 atom stereocenters. The molecule has 0 fully saturated rings. The molecule has 1 amide bonds. The van der Waals surface area contributed by atoms with E-state index in [1.807, 2.05) is 6.92 Å². The highest BCUT2D eigenvalue weighted by Gasteiger charge is 2.12. The van der Waals surface area contributed by atoms with Crippen LogP contribution in [0.4, 0.5) is 10.1 Å². The molecule has 94 valence electrons. The van der Waals surface area contributed by atoms with Crippen LogP contribution < -0.4 is 15.4 Å². The first kappa shape index (κ1) is 13.3. The summed E-state index contributed by atoms with van der Waals surface area (Å²) in [5.74, 6) is -0.377. The van der Waals surface area contributed by atoms with Gasteiger partial charge in [-0.05, 0) is 26.0 Å². The molecule has 0 bridgehead atoms. The fraction of sp³-hybridized carbons (Fsp3) is 0.417. The van der Waals surface area contributed by atoms with Crippen LogP contribution in [0.2, 0.25) is 0 Å². The van der Waals surface area contributed by atoms with E-state index in [-0.39, 0.29) is 17.7 Å². The van der Waals surface area contributed by atoms with E-state index in [0.717, 1.165) is 0 Å². The van der Waals surface area contributed by atoms with Crippen molar-refractivity contribution in [2.45, 2.75) is 19.9 Å². The monoisotopic (exact) mass is 240 g/mol. The van der Waals surface area contributed by atoms with Crippen LogP contribution in [0.25, 0.3) is 0 Å². The second-order valence-corrected chi connectivity index (χ2v) is 3.61. The Kier molecular flexibility index (Phi) is 4.75. The van der Waals surface area contributed by atoms with Gasteiger partial charge in [0, 0.05) is 18.3 Å². The van der Waals surface area contributed by atoms with Crippen LogP contribution in [0, 0.1) is 5.82 Å². The first-order valence-corrected chi connectivity index (χ1v) is 5.46. The normalized spacial score (nSPS) is 11.8. The minimum Gasteiger partial charge on any atom is -0.494 e. The molecule has 0 spiro atoms. The Bertz CT molecular complexity index is 396. The number of methoxy groups -OCH3 is 1. The minimum absolute atomic E-state index is 0.101. The Hall–Kier alpha value is -1.78. The largest absolute Gasteiger partial charge is 0.494 e. The number of carbonyl (C=O) groups is 1. The van der Waals surface area contributed by atoms with Gasteiger partial charge in [0.05, 0.1) is 7.11 Å². The van der Waals surface area contributed by atoms with Crippen molar-refractivity contribution < 1.29 is 13.9 Å². The van der Waals surface area contributed by atoms with Crippen LogP contribution in [0.1, 0.15) is 13.8 Å². The summed E-state index contributed by atoms with van der Waals surface area (Å²) in [4.78, 5) is 11.5. The van der Waals surface area contributed by atoms with Crippen molar-refractivity contribution in [1.82, 2.24) is 5.32 Å². The fourth-order valence-corrected chi connectivity index (χ4v) is 1.39. The van der Waals surface area contributed by atoms with Crippen LogP contribution in [-0.2, 0) is 4.79 Å². The Morgan fingerprint density at radius 3 is 2.82 bits per heavy atom. The first-order valence-electron chi connectivity index (χ1n) is 5.46. The van der Waals surface area contributed by atoms with Gasteiger partial charge in [0.15, 0.2) is 11.6 Å². The van der Waals surface area contributed by atoms with Crippen LogP contribution in [0.3, 0.4) is 0 Å². The predicted octanol–water partition coefficient (Wildman–Crippen LogP) is 1.77. The van der Waals surface area contributed by atoms with E-state index in [1.165, 1.54) is 19.2 Å². The number of nitrogens with one attached hydrogen (secondary N) is 2. The maximum Gasteiger partial charge on any atom is 0.242 e. The van der Waals surface area contributed by atoms with E-state index in [0.29, 0.717) is 12.2 Å². The van der Waals surface area contributed by atoms with Crippen molar-refractivity contribution >= 4 is 11.6 Å². The lowest BCUT2D eigenvalue weighted by molar-refractivity contribution is -0.121. The number of hydrogen-bond donors (Lipinski definition) is 2. The number of likely N-dealkylation sites (N-methyl/N-ethyl adjacent to an activating group) is 1. The van der Waals surface area contributed by atoms with Crippen molar-refractivity contribution in [2.24, 2.45) is 0 Å². The molecule has 0 saturated heterocycles. The second-order valence-electron chi connectivity index (χ2n) is 3.61. The molecule has 0 radical (unpaired) electrons. The number of amides is 1. The third kappa shape index (κ3) is 3.62. The molecule has 1 aromatic rings. The molecule has 0 aliphatic heterocycles. The third-order valence-corrected chi connectivity index (χ3v) is 2.28. The standard InChI is InChI=1S/C12H17FN2O2/c1-4-14-12(16)8(2)15-9-5-6-10(13)11(7-9)17-3/h5-8,15H,4H2,1-3H3,(H,14,16). The highest BCUT2D eigenvalue weighted by atomic mass is 19.1. The van der Waals surface area contributed by atoms with E-state index >= 15 is 0 Å². The molecule has 1 aromatic carbocycles. The van der Waals surface area contributed by atoms with E-state index < -0.39 is 5.82 Å². The van der Waals surface area contributed by atoms with Crippen LogP contribution in [0.5, 0.6) is 5.75 Å². The Morgan fingerprint density at radius 1 is 1.53 bits per heavy atom. The van der Waals surface area contributed by atoms with Crippen LogP contribution in [0.15, 0.2) is 18.2 Å². The molecular weight excluding hydrogens is 223 g/mol. The van der Waals surface area contributed by atoms with Gasteiger partial charge in [0.2, 0.25) is 5.91 Å². The molecule has 0 aromatic heterocycles. The zero-order chi connectivity index (χ0) is 12.8. The predicted molar refractivity (Wildman–Crippen MR) is 64.7 cm³/mol. The maximum absolute atomic E-state index is 13.2. The number of rotatable bonds is 5. The SMILES string of the molecule is CCNC(=O)C(C)Nc1ccc(F)c(OC)c1. The number of anilines is 1. The average Bonchev–Trinajstić information content (AvgIpc) is 2.31. The molecule has 1 rings (SSSR count). The summed E-state index contributed by atoms with van der Waals surface area (Å²) in [6, 6.07) is 4.00. The molecule has 2 N–H and O–H groups in total. The van der Waals surface area contributed by atoms with Gasteiger partial charge in [-0.3, -0.25) is 4.79 Å². The van der Waals surface area contributed by atoms with Crippen molar-refractivity contribution in [3.63, 3.8) is 0 Å². The summed E-state index contributed by atoms with van der Waals surface area (Å²) in [6.07, 6.45) is 0. The van der Waals surface area contributed by atoms with Gasteiger partial charge in [-0.25, -0.2) is 4.39 Å². The molecule has 17 heavy (non-hydrogen) atoms. The van der Waals surface area contributed by atoms with Gasteiger partial charge in [0.25, 0.3) is 0 Å². The molecule has 1 unspecified atom stereocenters. The zero-order valence-corrected chi connectivity index (χ0v) is 10.2. The quantitative estimate of drug-likeness (QED) is 0.824. The van der Waals surface area contributed by atoms with E-state index in [1.54, 1.807) is 13.0 Å². The van der Waals surface area contributed by atoms with E-state index in [9.17, 15) is 9.18 Å². The van der Waals surface area contributed by atoms with Crippen molar-refractivity contribution in [3.05, 3.63) is 24.0 Å². The Morgan fingerprint density at radius 2 is 2.24 bits per heavy atom. The summed E-state index contributed by atoms with van der Waals surface area (Å²) in [5, 5.41) is 5.67. The van der Waals surface area contributed by atoms with E-state index in [4.69, 9.17) is 4.74 Å². The molecule has 0 heterocycles. The number of ether oxygens (including phenoxy) is 1. The lowest BCUT2D eigenvalue weighted by Crippen LogP contribution is -2.37. The van der Waals surface area contributed by atoms with Gasteiger partial charge in [-0.15, -0.1) is 0 Å². The highest BCUT2D eigenvalue weighted by Crippen LogP contribution is 2.21. The van der Waals surface area contributed by atoms with Crippen molar-refractivity contribution in [2.75, 3.05) is 19.0 Å². The third-order valence-electron chi connectivity index (χ3n) is 2.28. The Balaban J connectivity index is 2.71. The number of halogens is 1. The summed E-state index contributed by atoms with van der Waals surface area (Å²) in [6.45, 7) is 4.17. The van der Waals surface area contributed by atoms with Crippen LogP contribution in [-0.4, -0.2) is 25.6 Å². The van der Waals surface area contributed by atoms with Gasteiger partial charge in [0.1, 0.15) is 6.04 Å². The zero-order valence-electron chi connectivity index (χ0n) is 10.2. The van der Waals surface area contributed by atoms with E-state index in [2.05, 4.69) is 10.6 Å². The molecule has 0 aliphatic carbocycles. The summed E-state index contributed by atoms with van der Waals surface area (Å²) >= 11 is 0. The van der Waals surface area contributed by atoms with Gasteiger partial charge < -0.3 is 15.4 Å². The number of hydrogen-bond acceptors (Lipinski definition) is 3. The topological polar surface area (TPSA) is 50.4 Å². The Labute approximate surface area is 100 Å². The van der Waals surface area contributed by atoms with Crippen molar-refractivity contribution in [3.8, 4) is 5.75 Å². The van der Waals surface area contributed by atoms with Crippen LogP contribution >= 0.6 is 0 Å².